The maximum atomic E-state index is 14.2. The first-order valence-corrected chi connectivity index (χ1v) is 8.53. The summed E-state index contributed by atoms with van der Waals surface area (Å²) in [6.07, 6.45) is 2.05. The number of hydrogen-bond donors (Lipinski definition) is 0. The van der Waals surface area contributed by atoms with Crippen LogP contribution in [0.25, 0.3) is 10.4 Å². The minimum absolute atomic E-state index is 0.0230. The van der Waals surface area contributed by atoms with Crippen molar-refractivity contribution in [2.24, 2.45) is 0 Å². The first-order chi connectivity index (χ1) is 9.60. The number of alkyl halides is 1. The molecule has 0 saturated heterocycles. The molecule has 1 unspecified atom stereocenters. The van der Waals surface area contributed by atoms with Crippen LogP contribution < -0.4 is 4.74 Å². The van der Waals surface area contributed by atoms with Crippen LogP contribution in [0.2, 0.25) is 0 Å². The molecule has 1 heterocycles. The molecule has 1 aromatic carbocycles. The molecule has 3 rings (SSSR count). The zero-order valence-corrected chi connectivity index (χ0v) is 13.9. The Labute approximate surface area is 134 Å². The zero-order valence-electron chi connectivity index (χ0n) is 10.9. The van der Waals surface area contributed by atoms with E-state index in [2.05, 4.69) is 22.6 Å². The molecule has 1 aliphatic carbocycles. The van der Waals surface area contributed by atoms with Gasteiger partial charge in [0.2, 0.25) is 5.82 Å². The predicted molar refractivity (Wildman–Crippen MR) is 86.1 cm³/mol. The fraction of sp³-hybridized carbons (Fsp3) is 0.333. The van der Waals surface area contributed by atoms with Gasteiger partial charge in [0.1, 0.15) is 0 Å². The molecule has 0 aliphatic heterocycles. The second-order valence-electron chi connectivity index (χ2n) is 4.74. The topological polar surface area (TPSA) is 9.23 Å². The molecule has 5 heteroatoms. The maximum Gasteiger partial charge on any atom is 0.201 e. The molecule has 0 saturated carbocycles. The van der Waals surface area contributed by atoms with Gasteiger partial charge < -0.3 is 4.74 Å². The molecule has 0 amide bonds. The zero-order chi connectivity index (χ0) is 14.3. The Kier molecular flexibility index (Phi) is 3.99. The van der Waals surface area contributed by atoms with Gasteiger partial charge in [-0.15, -0.1) is 11.3 Å². The van der Waals surface area contributed by atoms with E-state index in [1.54, 1.807) is 24.3 Å². The van der Waals surface area contributed by atoms with E-state index < -0.39 is 11.6 Å². The average molecular weight is 406 g/mol. The number of thiophene rings is 1. The lowest BCUT2D eigenvalue weighted by Crippen LogP contribution is -1.98. The van der Waals surface area contributed by atoms with Crippen LogP contribution in [0.1, 0.15) is 17.4 Å². The minimum atomic E-state index is -0.898. The smallest absolute Gasteiger partial charge is 0.201 e. The Morgan fingerprint density at radius 2 is 2.10 bits per heavy atom. The van der Waals surface area contributed by atoms with Crippen LogP contribution in [0.5, 0.6) is 5.75 Å². The summed E-state index contributed by atoms with van der Waals surface area (Å²) < 4.78 is 33.8. The predicted octanol–water partition coefficient (Wildman–Crippen LogP) is 4.99. The summed E-state index contributed by atoms with van der Waals surface area (Å²) in [5.74, 6) is -1.74. The molecule has 1 atom stereocenters. The van der Waals surface area contributed by atoms with Crippen LogP contribution in [0.15, 0.2) is 18.2 Å². The first kappa shape index (κ1) is 14.3. The van der Waals surface area contributed by atoms with Gasteiger partial charge in [-0.3, -0.25) is 0 Å². The van der Waals surface area contributed by atoms with Crippen molar-refractivity contribution in [3.05, 3.63) is 40.3 Å². The van der Waals surface area contributed by atoms with E-state index in [-0.39, 0.29) is 5.75 Å². The van der Waals surface area contributed by atoms with Crippen molar-refractivity contribution in [1.82, 2.24) is 0 Å². The molecule has 0 radical (unpaired) electrons. The summed E-state index contributed by atoms with van der Waals surface area (Å²) >= 11 is 4.00. The van der Waals surface area contributed by atoms with E-state index in [4.69, 9.17) is 4.74 Å². The summed E-state index contributed by atoms with van der Waals surface area (Å²) in [6.45, 7) is 2.07. The third-order valence-corrected chi connectivity index (χ3v) is 5.47. The highest BCUT2D eigenvalue weighted by Gasteiger charge is 2.24. The van der Waals surface area contributed by atoms with E-state index in [9.17, 15) is 8.78 Å². The lowest BCUT2D eigenvalue weighted by molar-refractivity contribution is 0.314. The quantitative estimate of drug-likeness (QED) is 0.515. The highest BCUT2D eigenvalue weighted by molar-refractivity contribution is 14.1. The third kappa shape index (κ3) is 2.45. The fourth-order valence-electron chi connectivity index (χ4n) is 2.45. The average Bonchev–Trinajstić information content (AvgIpc) is 2.92. The lowest BCUT2D eigenvalue weighted by atomic mass is 10.1. The van der Waals surface area contributed by atoms with E-state index in [0.717, 1.165) is 17.7 Å². The summed E-state index contributed by atoms with van der Waals surface area (Å²) in [4.78, 5) is 2.10. The van der Waals surface area contributed by atoms with Crippen LogP contribution in [0, 0.1) is 11.6 Å². The summed E-state index contributed by atoms with van der Waals surface area (Å²) in [6, 6.07) is 5.10. The van der Waals surface area contributed by atoms with E-state index in [1.807, 2.05) is 6.07 Å². The van der Waals surface area contributed by atoms with Crippen LogP contribution in [0.4, 0.5) is 8.78 Å². The molecule has 1 nitrogen and oxygen atoms in total. The van der Waals surface area contributed by atoms with Gasteiger partial charge in [0, 0.05) is 19.2 Å². The van der Waals surface area contributed by atoms with Gasteiger partial charge in [0.25, 0.3) is 0 Å². The van der Waals surface area contributed by atoms with Crippen molar-refractivity contribution in [1.29, 1.82) is 0 Å². The Hall–Kier alpha value is -0.690. The second-order valence-corrected chi connectivity index (χ2v) is 7.64. The number of benzene rings is 1. The van der Waals surface area contributed by atoms with Crippen LogP contribution >= 0.6 is 33.9 Å². The van der Waals surface area contributed by atoms with Gasteiger partial charge in [-0.1, -0.05) is 22.6 Å². The molecule has 2 aromatic rings. The number of fused-ring (bicyclic) bond motifs is 1. The monoisotopic (exact) mass is 406 g/mol. The van der Waals surface area contributed by atoms with Crippen molar-refractivity contribution < 1.29 is 13.5 Å². The van der Waals surface area contributed by atoms with Crippen LogP contribution in [-0.2, 0) is 12.8 Å². The SMILES string of the molecule is CCOc1ccc(-c2cc3c(s2)CC(I)C3)c(F)c1F. The normalized spacial score (nSPS) is 17.3. The first-order valence-electron chi connectivity index (χ1n) is 6.47. The summed E-state index contributed by atoms with van der Waals surface area (Å²) in [5.41, 5.74) is 1.61. The molecular weight excluding hydrogens is 393 g/mol. The highest BCUT2D eigenvalue weighted by Crippen LogP contribution is 2.40. The van der Waals surface area contributed by atoms with E-state index in [1.165, 1.54) is 16.5 Å². The Morgan fingerprint density at radius 3 is 2.80 bits per heavy atom. The Bertz CT molecular complexity index is 630. The molecule has 20 heavy (non-hydrogen) atoms. The van der Waals surface area contributed by atoms with Crippen molar-refractivity contribution in [2.45, 2.75) is 23.7 Å². The molecule has 106 valence electrons. The second kappa shape index (κ2) is 5.60. The molecule has 0 bridgehead atoms. The van der Waals surface area contributed by atoms with Crippen molar-refractivity contribution in [3.8, 4) is 16.2 Å². The standard InChI is InChI=1S/C15H13F2IOS/c1-2-19-11-4-3-10(14(16)15(11)17)13-6-8-5-9(18)7-12(8)20-13/h3-4,6,9H,2,5,7H2,1H3. The number of halogens is 3. The van der Waals surface area contributed by atoms with Gasteiger partial charge in [-0.25, -0.2) is 4.39 Å². The molecule has 0 fully saturated rings. The summed E-state index contributed by atoms with van der Waals surface area (Å²) in [7, 11) is 0. The fourth-order valence-corrected chi connectivity index (χ4v) is 4.95. The van der Waals surface area contributed by atoms with E-state index in [0.29, 0.717) is 16.1 Å². The van der Waals surface area contributed by atoms with Gasteiger partial charge in [-0.05, 0) is 43.5 Å². The molecular formula is C15H13F2IOS. The highest BCUT2D eigenvalue weighted by atomic mass is 127. The molecule has 0 spiro atoms. The Balaban J connectivity index is 1.99. The van der Waals surface area contributed by atoms with Crippen LogP contribution in [0.3, 0.4) is 0 Å². The lowest BCUT2D eigenvalue weighted by Gasteiger charge is -2.08. The number of ether oxygens (including phenoxy) is 1. The maximum absolute atomic E-state index is 14.2. The number of rotatable bonds is 3. The largest absolute Gasteiger partial charge is 0.491 e. The molecule has 1 aliphatic rings. The van der Waals surface area contributed by atoms with Gasteiger partial charge in [0.15, 0.2) is 11.6 Å². The van der Waals surface area contributed by atoms with Gasteiger partial charge >= 0.3 is 0 Å². The third-order valence-electron chi connectivity index (χ3n) is 3.36. The molecule has 0 N–H and O–H groups in total. The van der Waals surface area contributed by atoms with Crippen LogP contribution in [-0.4, -0.2) is 10.5 Å². The molecule has 1 aromatic heterocycles. The van der Waals surface area contributed by atoms with Crippen molar-refractivity contribution in [3.63, 3.8) is 0 Å². The number of hydrogen-bond acceptors (Lipinski definition) is 2. The van der Waals surface area contributed by atoms with Gasteiger partial charge in [-0.2, -0.15) is 4.39 Å². The Morgan fingerprint density at radius 1 is 1.30 bits per heavy atom. The van der Waals surface area contributed by atoms with Gasteiger partial charge in [0.05, 0.1) is 6.61 Å². The van der Waals surface area contributed by atoms with Crippen molar-refractivity contribution >= 4 is 33.9 Å². The summed E-state index contributed by atoms with van der Waals surface area (Å²) in [5, 5.41) is 0. The van der Waals surface area contributed by atoms with E-state index >= 15 is 0 Å². The minimum Gasteiger partial charge on any atom is -0.491 e. The van der Waals surface area contributed by atoms with Crippen molar-refractivity contribution in [2.75, 3.05) is 6.61 Å².